The Morgan fingerprint density at radius 3 is 2.44 bits per heavy atom. The third kappa shape index (κ3) is 5.40. The quantitative estimate of drug-likeness (QED) is 0.246. The number of amides is 1. The molecule has 0 saturated carbocycles. The summed E-state index contributed by atoms with van der Waals surface area (Å²) < 4.78 is 49.3. The Balaban J connectivity index is 1.50. The summed E-state index contributed by atoms with van der Waals surface area (Å²) in [4.78, 5) is 28.4. The molecule has 45 heavy (non-hydrogen) atoms. The minimum absolute atomic E-state index is 0.0106. The Kier molecular flexibility index (Phi) is 8.88. The molecule has 1 fully saturated rings. The second-order valence-electron chi connectivity index (χ2n) is 11.7. The van der Waals surface area contributed by atoms with Gasteiger partial charge in [0.05, 0.1) is 5.56 Å². The van der Waals surface area contributed by atoms with E-state index in [1.807, 2.05) is 13.8 Å². The summed E-state index contributed by atoms with van der Waals surface area (Å²) in [5.41, 5.74) is 5.61. The van der Waals surface area contributed by atoms with Crippen LogP contribution in [-0.4, -0.2) is 74.0 Å². The van der Waals surface area contributed by atoms with E-state index in [9.17, 15) is 14.7 Å². The van der Waals surface area contributed by atoms with Gasteiger partial charge in [0.2, 0.25) is 0 Å². The van der Waals surface area contributed by atoms with Crippen LogP contribution in [0, 0.1) is 11.6 Å². The number of nitrogens with two attached hydrogens (primary N) is 1. The molecule has 2 atom stereocenters. The zero-order valence-electron chi connectivity index (χ0n) is 24.9. The van der Waals surface area contributed by atoms with Crippen molar-refractivity contribution in [3.05, 3.63) is 93.5 Å². The van der Waals surface area contributed by atoms with Crippen LogP contribution in [0.1, 0.15) is 64.9 Å². The summed E-state index contributed by atoms with van der Waals surface area (Å²) >= 11 is 0.464. The average Bonchev–Trinajstić information content (AvgIpc) is 3.33. The van der Waals surface area contributed by atoms with Crippen molar-refractivity contribution in [2.45, 2.75) is 49.1 Å². The van der Waals surface area contributed by atoms with Gasteiger partial charge in [0.25, 0.3) is 0 Å². The zero-order chi connectivity index (χ0) is 31.9. The molecular weight excluding hydrogens is 669 g/mol. The number of ether oxygens (including phenoxy) is 3. The molecule has 1 amide bonds. The minimum atomic E-state index is -1.65. The number of carbonyl (C=O) groups is 2. The Hall–Kier alpha value is -3.15. The number of esters is 1. The topological polar surface area (TPSA) is 111 Å². The normalized spacial score (nSPS) is 21.0. The van der Waals surface area contributed by atoms with Crippen molar-refractivity contribution in [1.82, 2.24) is 4.90 Å². The molecule has 0 bridgehead atoms. The van der Waals surface area contributed by atoms with E-state index in [-0.39, 0.29) is 43.8 Å². The molecule has 2 heterocycles. The fraction of sp³-hybridized carbons (Fsp3) is 0.394. The number of halogens is 2. The number of benzene rings is 3. The predicted octanol–water partition coefficient (Wildman–Crippen LogP) is 5.13. The number of rotatable bonds is 8. The fourth-order valence-corrected chi connectivity index (χ4v) is 10.8. The second kappa shape index (κ2) is 12.6. The third-order valence-corrected chi connectivity index (χ3v) is 13.0. The van der Waals surface area contributed by atoms with E-state index >= 15 is 8.78 Å². The Morgan fingerprint density at radius 2 is 1.78 bits per heavy atom. The molecule has 1 saturated heterocycles. The summed E-state index contributed by atoms with van der Waals surface area (Å²) in [5, 5.41) is 10.5. The molecule has 2 aliphatic heterocycles. The van der Waals surface area contributed by atoms with E-state index in [4.69, 9.17) is 19.9 Å². The molecule has 238 valence electrons. The first-order valence-electron chi connectivity index (χ1n) is 14.8. The Morgan fingerprint density at radius 1 is 1.09 bits per heavy atom. The number of aliphatic hydroxyl groups excluding tert-OH is 1. The summed E-state index contributed by atoms with van der Waals surface area (Å²) in [7, 11) is 1.81. The molecule has 1 spiro atoms. The van der Waals surface area contributed by atoms with Crippen LogP contribution in [0.25, 0.3) is 0 Å². The van der Waals surface area contributed by atoms with Crippen LogP contribution >= 0.6 is 10.2 Å². The zero-order valence-corrected chi connectivity index (χ0v) is 27.5. The van der Waals surface area contributed by atoms with Crippen molar-refractivity contribution in [2.24, 2.45) is 5.73 Å². The van der Waals surface area contributed by atoms with Gasteiger partial charge in [-0.25, -0.2) is 9.18 Å². The van der Waals surface area contributed by atoms with Crippen molar-refractivity contribution >= 4 is 36.1 Å². The van der Waals surface area contributed by atoms with Gasteiger partial charge in [-0.2, -0.15) is 0 Å². The molecule has 0 radical (unpaired) electrons. The van der Waals surface area contributed by atoms with Gasteiger partial charge in [0.1, 0.15) is 6.61 Å². The molecule has 6 rings (SSSR count). The van der Waals surface area contributed by atoms with E-state index in [2.05, 4.69) is 0 Å². The van der Waals surface area contributed by atoms with Gasteiger partial charge >= 0.3 is 190 Å². The molecule has 12 heteroatoms. The first-order valence-corrected chi connectivity index (χ1v) is 19.0. The first-order chi connectivity index (χ1) is 21.6. The maximum atomic E-state index is 16.1. The molecule has 8 nitrogen and oxygen atoms in total. The molecule has 1 unspecified atom stereocenters. The standard InChI is InChI=1S/C33H34F2N2O6SSe/c1-32(2)22-16-28(41-12-9-36)26(34)14-24(22)33(21-7-4-3-6-20(21)30(39)43-33)25-15-27(35)29(17-23(25)32)42-31(40)37(10-5-11-38)19-8-13-45-44-18-19/h3-4,6-7,14-17,19,38H,5,8-13,18,36H2,1-2H3/t19-,33?/m0/s1. The molecule has 1 aliphatic carbocycles. The van der Waals surface area contributed by atoms with Crippen molar-refractivity contribution in [1.29, 1.82) is 0 Å². The summed E-state index contributed by atoms with van der Waals surface area (Å²) in [6.07, 6.45) is 0.502. The molecule has 3 N–H and O–H groups in total. The summed E-state index contributed by atoms with van der Waals surface area (Å²) in [6.45, 7) is 4.25. The number of aliphatic hydroxyl groups is 1. The fourth-order valence-electron chi connectivity index (χ4n) is 6.50. The van der Waals surface area contributed by atoms with Gasteiger partial charge in [-0.1, -0.05) is 18.2 Å². The van der Waals surface area contributed by atoms with Crippen LogP contribution in [0.2, 0.25) is 5.32 Å². The van der Waals surface area contributed by atoms with Crippen LogP contribution in [0.5, 0.6) is 11.5 Å². The average molecular weight is 704 g/mol. The van der Waals surface area contributed by atoms with Crippen LogP contribution in [0.15, 0.2) is 48.5 Å². The van der Waals surface area contributed by atoms with Gasteiger partial charge < -0.3 is 10.5 Å². The van der Waals surface area contributed by atoms with Crippen molar-refractivity contribution in [2.75, 3.05) is 32.1 Å². The monoisotopic (exact) mass is 704 g/mol. The van der Waals surface area contributed by atoms with E-state index in [1.165, 1.54) is 18.2 Å². The molecule has 3 aliphatic rings. The van der Waals surface area contributed by atoms with E-state index in [1.54, 1.807) is 45.4 Å². The number of hydrogen-bond donors (Lipinski definition) is 2. The SMILES string of the molecule is CC1(C)c2cc(OCCN)c(F)cc2C2(OC(=O)c3ccccc32)c2cc(F)c(OC(=O)N(CCCO)[C@H]3CC[Se]SC3)cc21. The van der Waals surface area contributed by atoms with E-state index in [0.717, 1.165) is 17.5 Å². The molecule has 3 aromatic rings. The van der Waals surface area contributed by atoms with Crippen molar-refractivity contribution in [3.8, 4) is 11.5 Å². The van der Waals surface area contributed by atoms with Gasteiger partial charge in [0.15, 0.2) is 11.6 Å². The number of carbonyl (C=O) groups excluding carboxylic acids is 2. The van der Waals surface area contributed by atoms with Crippen LogP contribution in [0.4, 0.5) is 13.6 Å². The molecule has 3 aromatic carbocycles. The molecule has 0 aromatic heterocycles. The summed E-state index contributed by atoms with van der Waals surface area (Å²) in [6, 6.07) is 12.3. The third-order valence-electron chi connectivity index (χ3n) is 8.70. The van der Waals surface area contributed by atoms with Gasteiger partial charge in [-0.15, -0.1) is 0 Å². The van der Waals surface area contributed by atoms with Crippen LogP contribution in [-0.2, 0) is 15.8 Å². The predicted molar refractivity (Wildman–Crippen MR) is 167 cm³/mol. The molecular formula is C33H34F2N2O6SSe. The van der Waals surface area contributed by atoms with Gasteiger partial charge in [0, 0.05) is 6.54 Å². The van der Waals surface area contributed by atoms with Crippen LogP contribution < -0.4 is 15.2 Å². The Bertz CT molecular complexity index is 1650. The number of fused-ring (bicyclic) bond motifs is 6. The number of nitrogens with zero attached hydrogens (tertiary/aromatic N) is 1. The van der Waals surface area contributed by atoms with Crippen molar-refractivity contribution < 1.29 is 37.7 Å². The van der Waals surface area contributed by atoms with Crippen molar-refractivity contribution in [3.63, 3.8) is 0 Å². The maximum absolute atomic E-state index is 16.1. The van der Waals surface area contributed by atoms with Gasteiger partial charge in [-0.05, 0) is 12.1 Å². The van der Waals surface area contributed by atoms with Crippen LogP contribution in [0.3, 0.4) is 0 Å². The van der Waals surface area contributed by atoms with E-state index < -0.39 is 34.7 Å². The Labute approximate surface area is 269 Å². The summed E-state index contributed by atoms with van der Waals surface area (Å²) in [5.74, 6) is -1.64. The first kappa shape index (κ1) is 31.8. The second-order valence-corrected chi connectivity index (χ2v) is 16.4. The van der Waals surface area contributed by atoms with E-state index in [0.29, 0.717) is 53.6 Å². The number of hydrogen-bond acceptors (Lipinski definition) is 8. The van der Waals surface area contributed by atoms with Gasteiger partial charge in [-0.3, -0.25) is 0 Å².